The Morgan fingerprint density at radius 2 is 2.32 bits per heavy atom. The molecule has 1 aliphatic rings. The molecule has 2 heterocycles. The minimum Gasteiger partial charge on any atom is -0.375 e. The van der Waals surface area contributed by atoms with E-state index in [2.05, 4.69) is 36.1 Å². The molecule has 0 bridgehead atoms. The fourth-order valence-electron chi connectivity index (χ4n) is 2.66. The van der Waals surface area contributed by atoms with Gasteiger partial charge in [-0.15, -0.1) is 0 Å². The number of carbonyl (C=O) groups excluding carboxylic acids is 1. The number of morpholine rings is 1. The van der Waals surface area contributed by atoms with E-state index < -0.39 is 0 Å². The average molecular weight is 308 g/mol. The summed E-state index contributed by atoms with van der Waals surface area (Å²) in [5.41, 5.74) is 1.56. The number of aromatic nitrogens is 2. The number of hydrogen-bond donors (Lipinski definition) is 1. The minimum atomic E-state index is -0.0648. The molecule has 1 N–H and O–H groups in total. The van der Waals surface area contributed by atoms with Crippen molar-refractivity contribution < 1.29 is 9.53 Å². The maximum atomic E-state index is 12.2. The molecule has 1 amide bonds. The SMILES string of the molecule is CCN1CCO[C@H](CCNC(=O)c2cc(C(C)C)nn2C)C1. The number of rotatable bonds is 6. The van der Waals surface area contributed by atoms with Crippen molar-refractivity contribution in [1.29, 1.82) is 0 Å². The van der Waals surface area contributed by atoms with Gasteiger partial charge in [-0.2, -0.15) is 5.10 Å². The predicted octanol–water partition coefficient (Wildman–Crippen LogP) is 1.38. The lowest BCUT2D eigenvalue weighted by Crippen LogP contribution is -2.43. The van der Waals surface area contributed by atoms with Gasteiger partial charge in [0, 0.05) is 26.7 Å². The van der Waals surface area contributed by atoms with Crippen LogP contribution < -0.4 is 5.32 Å². The third kappa shape index (κ3) is 4.30. The maximum absolute atomic E-state index is 12.2. The zero-order valence-electron chi connectivity index (χ0n) is 14.1. The highest BCUT2D eigenvalue weighted by molar-refractivity contribution is 5.92. The van der Waals surface area contributed by atoms with E-state index in [9.17, 15) is 4.79 Å². The van der Waals surface area contributed by atoms with E-state index in [1.165, 1.54) is 0 Å². The van der Waals surface area contributed by atoms with Crippen LogP contribution in [0, 0.1) is 0 Å². The van der Waals surface area contributed by atoms with Crippen molar-refractivity contribution in [2.45, 2.75) is 39.2 Å². The van der Waals surface area contributed by atoms with E-state index in [0.29, 0.717) is 18.2 Å². The van der Waals surface area contributed by atoms with Crippen molar-refractivity contribution >= 4 is 5.91 Å². The van der Waals surface area contributed by atoms with Gasteiger partial charge in [0.05, 0.1) is 18.4 Å². The second-order valence-corrected chi connectivity index (χ2v) is 6.16. The van der Waals surface area contributed by atoms with E-state index in [1.807, 2.05) is 13.1 Å². The Kier molecular flexibility index (Phi) is 5.97. The molecular weight excluding hydrogens is 280 g/mol. The third-order valence-electron chi connectivity index (χ3n) is 4.14. The summed E-state index contributed by atoms with van der Waals surface area (Å²) in [5.74, 6) is 0.258. The second-order valence-electron chi connectivity index (χ2n) is 6.16. The number of ether oxygens (including phenoxy) is 1. The molecule has 2 rings (SSSR count). The number of carbonyl (C=O) groups is 1. The van der Waals surface area contributed by atoms with Gasteiger partial charge in [0.1, 0.15) is 5.69 Å². The maximum Gasteiger partial charge on any atom is 0.269 e. The van der Waals surface area contributed by atoms with Crippen molar-refractivity contribution in [2.75, 3.05) is 32.8 Å². The summed E-state index contributed by atoms with van der Waals surface area (Å²) in [6.07, 6.45) is 1.06. The molecule has 1 aromatic heterocycles. The summed E-state index contributed by atoms with van der Waals surface area (Å²) < 4.78 is 7.40. The van der Waals surface area contributed by atoms with Gasteiger partial charge >= 0.3 is 0 Å². The smallest absolute Gasteiger partial charge is 0.269 e. The highest BCUT2D eigenvalue weighted by Gasteiger charge is 2.20. The molecule has 22 heavy (non-hydrogen) atoms. The summed E-state index contributed by atoms with van der Waals surface area (Å²) in [4.78, 5) is 14.6. The normalized spacial score (nSPS) is 19.6. The lowest BCUT2D eigenvalue weighted by atomic mass is 10.1. The van der Waals surface area contributed by atoms with Crippen LogP contribution in [0.5, 0.6) is 0 Å². The van der Waals surface area contributed by atoms with Crippen LogP contribution in [0.15, 0.2) is 6.07 Å². The summed E-state index contributed by atoms with van der Waals surface area (Å²) in [5, 5.41) is 7.35. The number of aryl methyl sites for hydroxylation is 1. The zero-order valence-corrected chi connectivity index (χ0v) is 14.1. The number of hydrogen-bond acceptors (Lipinski definition) is 4. The largest absolute Gasteiger partial charge is 0.375 e. The van der Waals surface area contributed by atoms with Gasteiger partial charge in [-0.25, -0.2) is 0 Å². The van der Waals surface area contributed by atoms with Gasteiger partial charge in [-0.05, 0) is 24.9 Å². The molecule has 1 aromatic rings. The van der Waals surface area contributed by atoms with Gasteiger partial charge in [0.15, 0.2) is 0 Å². The van der Waals surface area contributed by atoms with Crippen LogP contribution in [0.3, 0.4) is 0 Å². The van der Waals surface area contributed by atoms with Crippen LogP contribution in [0.4, 0.5) is 0 Å². The lowest BCUT2D eigenvalue weighted by Gasteiger charge is -2.32. The number of likely N-dealkylation sites (N-methyl/N-ethyl adjacent to an activating group) is 1. The van der Waals surface area contributed by atoms with Gasteiger partial charge in [0.25, 0.3) is 5.91 Å². The van der Waals surface area contributed by atoms with E-state index in [-0.39, 0.29) is 12.0 Å². The van der Waals surface area contributed by atoms with Crippen molar-refractivity contribution in [3.8, 4) is 0 Å². The number of nitrogens with one attached hydrogen (secondary N) is 1. The predicted molar refractivity (Wildman–Crippen MR) is 86.1 cm³/mol. The molecule has 0 spiro atoms. The molecule has 1 saturated heterocycles. The van der Waals surface area contributed by atoms with Crippen LogP contribution in [0.2, 0.25) is 0 Å². The Hall–Kier alpha value is -1.40. The fraction of sp³-hybridized carbons (Fsp3) is 0.750. The van der Waals surface area contributed by atoms with Crippen LogP contribution >= 0.6 is 0 Å². The molecule has 124 valence electrons. The molecule has 1 fully saturated rings. The summed E-state index contributed by atoms with van der Waals surface area (Å²) in [6, 6.07) is 1.87. The summed E-state index contributed by atoms with van der Waals surface area (Å²) in [6.45, 7) is 10.7. The monoisotopic (exact) mass is 308 g/mol. The first-order valence-corrected chi connectivity index (χ1v) is 8.17. The standard InChI is InChI=1S/C16H28N4O2/c1-5-20-8-9-22-13(11-20)6-7-17-16(21)15-10-14(12(2)3)18-19(15)4/h10,12-13H,5-9,11H2,1-4H3,(H,17,21)/t13-/m1/s1. The highest BCUT2D eigenvalue weighted by atomic mass is 16.5. The highest BCUT2D eigenvalue weighted by Crippen LogP contribution is 2.14. The Balaban J connectivity index is 1.80. The van der Waals surface area contributed by atoms with Crippen LogP contribution in [-0.4, -0.2) is 59.5 Å². The molecule has 0 unspecified atom stereocenters. The molecule has 0 aliphatic carbocycles. The summed E-state index contributed by atoms with van der Waals surface area (Å²) >= 11 is 0. The van der Waals surface area contributed by atoms with Gasteiger partial charge in [-0.1, -0.05) is 20.8 Å². The Bertz CT molecular complexity index is 498. The van der Waals surface area contributed by atoms with E-state index in [0.717, 1.165) is 38.4 Å². The Morgan fingerprint density at radius 3 is 2.95 bits per heavy atom. The molecule has 1 atom stereocenters. The third-order valence-corrected chi connectivity index (χ3v) is 4.14. The average Bonchev–Trinajstić information content (AvgIpc) is 2.90. The molecule has 0 saturated carbocycles. The first-order valence-electron chi connectivity index (χ1n) is 8.17. The van der Waals surface area contributed by atoms with Crippen LogP contribution in [0.25, 0.3) is 0 Å². The van der Waals surface area contributed by atoms with E-state index in [1.54, 1.807) is 4.68 Å². The van der Waals surface area contributed by atoms with E-state index >= 15 is 0 Å². The minimum absolute atomic E-state index is 0.0648. The fourth-order valence-corrected chi connectivity index (χ4v) is 2.66. The molecular formula is C16H28N4O2. The topological polar surface area (TPSA) is 59.4 Å². The quantitative estimate of drug-likeness (QED) is 0.862. The van der Waals surface area contributed by atoms with Gasteiger partial charge < -0.3 is 10.1 Å². The van der Waals surface area contributed by atoms with E-state index in [4.69, 9.17) is 4.74 Å². The first-order chi connectivity index (χ1) is 10.5. The van der Waals surface area contributed by atoms with Gasteiger partial charge in [-0.3, -0.25) is 14.4 Å². The molecule has 6 nitrogen and oxygen atoms in total. The number of nitrogens with zero attached hydrogens (tertiary/aromatic N) is 3. The molecule has 0 radical (unpaired) electrons. The van der Waals surface area contributed by atoms with Crippen molar-refractivity contribution in [1.82, 2.24) is 20.0 Å². The molecule has 0 aromatic carbocycles. The van der Waals surface area contributed by atoms with Crippen LogP contribution in [0.1, 0.15) is 49.3 Å². The molecule has 1 aliphatic heterocycles. The first kappa shape index (κ1) is 17.0. The molecule has 6 heteroatoms. The zero-order chi connectivity index (χ0) is 16.1. The van der Waals surface area contributed by atoms with Gasteiger partial charge in [0.2, 0.25) is 0 Å². The van der Waals surface area contributed by atoms with Crippen molar-refractivity contribution in [3.63, 3.8) is 0 Å². The number of amides is 1. The second kappa shape index (κ2) is 7.74. The van der Waals surface area contributed by atoms with Crippen molar-refractivity contribution in [3.05, 3.63) is 17.5 Å². The Morgan fingerprint density at radius 1 is 1.55 bits per heavy atom. The van der Waals surface area contributed by atoms with Crippen LogP contribution in [-0.2, 0) is 11.8 Å². The summed E-state index contributed by atoms with van der Waals surface area (Å²) in [7, 11) is 1.81. The van der Waals surface area contributed by atoms with Crippen molar-refractivity contribution in [2.24, 2.45) is 7.05 Å². The Labute approximate surface area is 132 Å². The lowest BCUT2D eigenvalue weighted by molar-refractivity contribution is -0.0296.